The molecule has 0 bridgehead atoms. The van der Waals surface area contributed by atoms with Crippen LogP contribution in [0.4, 0.5) is 13.9 Å². The molecule has 0 aliphatic heterocycles. The number of rotatable bonds is 8. The van der Waals surface area contributed by atoms with Gasteiger partial charge in [0.1, 0.15) is 11.6 Å². The number of fused-ring (bicyclic) bond motifs is 1. The van der Waals surface area contributed by atoms with Crippen LogP contribution >= 0.6 is 11.3 Å². The minimum Gasteiger partial charge on any atom is -0.435 e. The van der Waals surface area contributed by atoms with Gasteiger partial charge in [-0.1, -0.05) is 12.1 Å². The van der Waals surface area contributed by atoms with Crippen molar-refractivity contribution in [1.29, 1.82) is 0 Å². The number of H-pyrrole nitrogens is 1. The lowest BCUT2D eigenvalue weighted by Crippen LogP contribution is -2.14. The average Bonchev–Trinajstić information content (AvgIpc) is 3.13. The van der Waals surface area contributed by atoms with Gasteiger partial charge < -0.3 is 15.0 Å². The van der Waals surface area contributed by atoms with Crippen LogP contribution in [-0.4, -0.2) is 27.5 Å². The largest absolute Gasteiger partial charge is 0.435 e. The number of benzene rings is 2. The number of hydrogen-bond acceptors (Lipinski definition) is 6. The highest BCUT2D eigenvalue weighted by molar-refractivity contribution is 7.16. The van der Waals surface area contributed by atoms with Gasteiger partial charge >= 0.3 is 6.61 Å². The highest BCUT2D eigenvalue weighted by Crippen LogP contribution is 2.31. The quantitative estimate of drug-likeness (QED) is 0.381. The van der Waals surface area contributed by atoms with Gasteiger partial charge in [-0.05, 0) is 49.7 Å². The number of thiazole rings is 1. The summed E-state index contributed by atoms with van der Waals surface area (Å²) in [6, 6.07) is 13.3. The van der Waals surface area contributed by atoms with E-state index in [9.17, 15) is 18.4 Å². The number of alkyl halides is 2. The van der Waals surface area contributed by atoms with E-state index in [1.165, 1.54) is 23.5 Å². The van der Waals surface area contributed by atoms with Gasteiger partial charge in [-0.3, -0.25) is 9.59 Å². The van der Waals surface area contributed by atoms with Crippen LogP contribution < -0.4 is 15.6 Å². The summed E-state index contributed by atoms with van der Waals surface area (Å²) in [5.74, 6) is 0.412. The van der Waals surface area contributed by atoms with Crippen LogP contribution in [-0.2, 0) is 11.2 Å². The van der Waals surface area contributed by atoms with Crippen molar-refractivity contribution < 1.29 is 18.3 Å². The number of ether oxygens (including phenoxy) is 1. The molecule has 0 saturated heterocycles. The molecule has 2 heterocycles. The Kier molecular flexibility index (Phi) is 6.74. The van der Waals surface area contributed by atoms with Crippen LogP contribution in [0.5, 0.6) is 5.75 Å². The Bertz CT molecular complexity index is 1340. The summed E-state index contributed by atoms with van der Waals surface area (Å²) >= 11 is 1.33. The average molecular weight is 471 g/mol. The number of anilines is 1. The maximum Gasteiger partial charge on any atom is 0.387 e. The van der Waals surface area contributed by atoms with E-state index < -0.39 is 6.61 Å². The molecule has 1 amide bonds. The molecule has 0 spiro atoms. The molecule has 2 N–H and O–H groups in total. The zero-order chi connectivity index (χ0) is 23.4. The third-order valence-electron chi connectivity index (χ3n) is 4.88. The first-order chi connectivity index (χ1) is 15.9. The Morgan fingerprint density at radius 1 is 1.15 bits per heavy atom. The summed E-state index contributed by atoms with van der Waals surface area (Å²) < 4.78 is 29.0. The van der Waals surface area contributed by atoms with E-state index in [1.54, 1.807) is 30.3 Å². The van der Waals surface area contributed by atoms with Crippen molar-refractivity contribution in [3.8, 4) is 17.0 Å². The van der Waals surface area contributed by atoms with Gasteiger partial charge in [-0.2, -0.15) is 8.78 Å². The summed E-state index contributed by atoms with van der Waals surface area (Å²) in [6.45, 7) is -1.01. The Morgan fingerprint density at radius 2 is 1.91 bits per heavy atom. The molecule has 0 aliphatic carbocycles. The van der Waals surface area contributed by atoms with Crippen LogP contribution in [0.2, 0.25) is 0 Å². The fourth-order valence-corrected chi connectivity index (χ4v) is 4.22. The third-order valence-corrected chi connectivity index (χ3v) is 5.76. The lowest BCUT2D eigenvalue weighted by molar-refractivity contribution is -0.116. The van der Waals surface area contributed by atoms with Gasteiger partial charge in [0.25, 0.3) is 5.56 Å². The standard InChI is InChI=1S/C23H20F2N4O3S/c1-13-20(14-9-11-15(12-10-14)32-22(24)25)29-23(33-13)28-19(30)8-4-7-18-26-17-6-3-2-5-16(17)21(31)27-18/h2-3,5-6,9-12,22H,4,7-8H2,1H3,(H,26,27,31)(H,28,29,30). The lowest BCUT2D eigenvalue weighted by atomic mass is 10.1. The Hall–Kier alpha value is -3.66. The number of aryl methyl sites for hydroxylation is 2. The molecule has 0 radical (unpaired) electrons. The van der Waals surface area contributed by atoms with Crippen molar-refractivity contribution >= 4 is 33.3 Å². The molecule has 7 nitrogen and oxygen atoms in total. The monoisotopic (exact) mass is 470 g/mol. The van der Waals surface area contributed by atoms with Crippen molar-refractivity contribution in [3.05, 3.63) is 69.6 Å². The first-order valence-electron chi connectivity index (χ1n) is 10.2. The minimum absolute atomic E-state index is 0.0670. The highest BCUT2D eigenvalue weighted by atomic mass is 32.1. The van der Waals surface area contributed by atoms with E-state index in [2.05, 4.69) is 25.0 Å². The highest BCUT2D eigenvalue weighted by Gasteiger charge is 2.13. The number of para-hydroxylation sites is 1. The van der Waals surface area contributed by atoms with Crippen molar-refractivity contribution in [3.63, 3.8) is 0 Å². The van der Waals surface area contributed by atoms with E-state index in [1.807, 2.05) is 13.0 Å². The molecule has 170 valence electrons. The van der Waals surface area contributed by atoms with E-state index in [-0.39, 0.29) is 23.6 Å². The summed E-state index contributed by atoms with van der Waals surface area (Å²) in [5, 5.41) is 3.78. The summed E-state index contributed by atoms with van der Waals surface area (Å²) in [4.78, 5) is 37.0. The Balaban J connectivity index is 1.34. The number of halogens is 2. The number of carbonyl (C=O) groups excluding carboxylic acids is 1. The lowest BCUT2D eigenvalue weighted by Gasteiger charge is -2.05. The van der Waals surface area contributed by atoms with E-state index >= 15 is 0 Å². The maximum atomic E-state index is 12.4. The molecular weight excluding hydrogens is 450 g/mol. The fraction of sp³-hybridized carbons (Fsp3) is 0.217. The molecule has 0 aliphatic rings. The molecule has 2 aromatic carbocycles. The van der Waals surface area contributed by atoms with Gasteiger partial charge in [0.05, 0.1) is 16.6 Å². The van der Waals surface area contributed by atoms with E-state index in [0.29, 0.717) is 40.4 Å². The van der Waals surface area contributed by atoms with Crippen molar-refractivity contribution in [1.82, 2.24) is 15.0 Å². The molecule has 0 saturated carbocycles. The third kappa shape index (κ3) is 5.58. The maximum absolute atomic E-state index is 12.4. The van der Waals surface area contributed by atoms with Crippen molar-refractivity contribution in [2.45, 2.75) is 32.8 Å². The van der Waals surface area contributed by atoms with Crippen LogP contribution in [0, 0.1) is 6.92 Å². The molecule has 4 rings (SSSR count). The molecule has 4 aromatic rings. The zero-order valence-electron chi connectivity index (χ0n) is 17.6. The number of hydrogen-bond donors (Lipinski definition) is 2. The first-order valence-corrected chi connectivity index (χ1v) is 11.0. The number of nitrogens with one attached hydrogen (secondary N) is 2. The zero-order valence-corrected chi connectivity index (χ0v) is 18.4. The van der Waals surface area contributed by atoms with Gasteiger partial charge in [-0.25, -0.2) is 9.97 Å². The second-order valence-electron chi connectivity index (χ2n) is 7.26. The van der Waals surface area contributed by atoms with Gasteiger partial charge in [0.2, 0.25) is 5.91 Å². The van der Waals surface area contributed by atoms with Crippen molar-refractivity contribution in [2.75, 3.05) is 5.32 Å². The minimum atomic E-state index is -2.88. The SMILES string of the molecule is Cc1sc(NC(=O)CCCc2nc3ccccc3c(=O)[nH]2)nc1-c1ccc(OC(F)F)cc1. The molecule has 0 fully saturated rings. The molecule has 2 aromatic heterocycles. The second kappa shape index (κ2) is 9.86. The van der Waals surface area contributed by atoms with E-state index in [0.717, 1.165) is 10.4 Å². The number of carbonyl (C=O) groups is 1. The predicted octanol–water partition coefficient (Wildman–Crippen LogP) is 4.92. The first kappa shape index (κ1) is 22.5. The number of aromatic amines is 1. The Labute approximate surface area is 191 Å². The molecule has 0 atom stereocenters. The van der Waals surface area contributed by atoms with Crippen LogP contribution in [0.3, 0.4) is 0 Å². The number of aromatic nitrogens is 3. The topological polar surface area (TPSA) is 97.0 Å². The molecule has 33 heavy (non-hydrogen) atoms. The van der Waals surface area contributed by atoms with Crippen LogP contribution in [0.25, 0.3) is 22.2 Å². The number of amides is 1. The molecule has 0 unspecified atom stereocenters. The summed E-state index contributed by atoms with van der Waals surface area (Å²) in [7, 11) is 0. The van der Waals surface area contributed by atoms with Crippen molar-refractivity contribution in [2.24, 2.45) is 0 Å². The van der Waals surface area contributed by atoms with E-state index in [4.69, 9.17) is 0 Å². The van der Waals surface area contributed by atoms with Gasteiger partial charge in [-0.15, -0.1) is 11.3 Å². The molecular formula is C23H20F2N4O3S. The smallest absolute Gasteiger partial charge is 0.387 e. The summed E-state index contributed by atoms with van der Waals surface area (Å²) in [6.07, 6.45) is 1.21. The second-order valence-corrected chi connectivity index (χ2v) is 8.46. The van der Waals surface area contributed by atoms with Gasteiger partial charge in [0.15, 0.2) is 5.13 Å². The number of nitrogens with zero attached hydrogens (tertiary/aromatic N) is 2. The Morgan fingerprint density at radius 3 is 2.67 bits per heavy atom. The molecule has 10 heteroatoms. The van der Waals surface area contributed by atoms with Crippen LogP contribution in [0.15, 0.2) is 53.3 Å². The summed E-state index contributed by atoms with van der Waals surface area (Å²) in [5.41, 5.74) is 1.83. The fourth-order valence-electron chi connectivity index (χ4n) is 3.36. The van der Waals surface area contributed by atoms with Crippen LogP contribution in [0.1, 0.15) is 23.5 Å². The van der Waals surface area contributed by atoms with Gasteiger partial charge in [0, 0.05) is 23.3 Å². The normalized spacial score (nSPS) is 11.2. The predicted molar refractivity (Wildman–Crippen MR) is 123 cm³/mol.